The van der Waals surface area contributed by atoms with E-state index >= 15 is 0 Å². The molecule has 38 heavy (non-hydrogen) atoms. The molecule has 1 unspecified atom stereocenters. The van der Waals surface area contributed by atoms with Gasteiger partial charge in [0.05, 0.1) is 38.7 Å². The highest BCUT2D eigenvalue weighted by atomic mass is 35.5. The van der Waals surface area contributed by atoms with E-state index in [1.807, 2.05) is 0 Å². The molecule has 1 saturated heterocycles. The number of hydrogen-bond acceptors (Lipinski definition) is 4. The maximum absolute atomic E-state index is 15.0. The van der Waals surface area contributed by atoms with Crippen LogP contribution in [0, 0.1) is 0 Å². The number of sulfone groups is 1. The van der Waals surface area contributed by atoms with Gasteiger partial charge in [0.2, 0.25) is 0 Å². The minimum Gasteiger partial charge on any atom is -0.294 e. The highest BCUT2D eigenvalue weighted by molar-refractivity contribution is 7.91. The van der Waals surface area contributed by atoms with Crippen LogP contribution >= 0.6 is 34.8 Å². The summed E-state index contributed by atoms with van der Waals surface area (Å²) >= 11 is 17.3. The summed E-state index contributed by atoms with van der Waals surface area (Å²) in [4.78, 5) is 14.0. The average Bonchev–Trinajstić information content (AvgIpc) is 2.80. The summed E-state index contributed by atoms with van der Waals surface area (Å²) in [6.07, 6.45) is -10.2. The predicted octanol–water partition coefficient (Wildman–Crippen LogP) is 7.24. The second-order valence-corrected chi connectivity index (χ2v) is 11.9. The van der Waals surface area contributed by atoms with E-state index in [1.54, 1.807) is 0 Å². The molecule has 3 rings (SSSR count). The van der Waals surface area contributed by atoms with Gasteiger partial charge in [-0.3, -0.25) is 9.69 Å². The van der Waals surface area contributed by atoms with Gasteiger partial charge in [-0.2, -0.15) is 26.3 Å². The third-order valence-electron chi connectivity index (χ3n) is 5.74. The van der Waals surface area contributed by atoms with E-state index in [4.69, 9.17) is 34.8 Å². The SMILES string of the molecule is O=C(CN1CCS(=O)(=O)CC1)c1ccc(/C(F)=C/C(c2cc(Cl)c(Cl)c(Cl)c2)C(F)(F)F)cc1C(F)(F)F. The van der Waals surface area contributed by atoms with Crippen LogP contribution in [0.2, 0.25) is 15.1 Å². The molecular weight excluding hydrogens is 610 g/mol. The highest BCUT2D eigenvalue weighted by Crippen LogP contribution is 2.43. The molecule has 1 atom stereocenters. The van der Waals surface area contributed by atoms with E-state index in [1.165, 1.54) is 4.90 Å². The molecule has 1 fully saturated rings. The highest BCUT2D eigenvalue weighted by Gasteiger charge is 2.41. The molecule has 2 aromatic rings. The van der Waals surface area contributed by atoms with Gasteiger partial charge in [0.25, 0.3) is 0 Å². The molecule has 0 aromatic heterocycles. The molecule has 0 aliphatic carbocycles. The standard InChI is InChI=1S/C23H17Cl3F7NO3S/c24-17-8-13(9-18(25)21(17)26)15(22(28,29)30)10-19(27)12-1-2-14(16(7-12)23(31,32)33)20(35)11-34-3-5-38(36,37)6-4-34/h1-2,7-10,15H,3-6,11H2/b19-10-. The number of alkyl halides is 6. The van der Waals surface area contributed by atoms with Crippen molar-refractivity contribution in [3.05, 3.63) is 73.7 Å². The van der Waals surface area contributed by atoms with Gasteiger partial charge in [0.1, 0.15) is 11.7 Å². The lowest BCUT2D eigenvalue weighted by Crippen LogP contribution is -2.42. The molecule has 2 aromatic carbocycles. The summed E-state index contributed by atoms with van der Waals surface area (Å²) in [6.45, 7) is -0.630. The number of allylic oxidation sites excluding steroid dienone is 1. The van der Waals surface area contributed by atoms with Crippen LogP contribution in [0.5, 0.6) is 0 Å². The average molecular weight is 627 g/mol. The van der Waals surface area contributed by atoms with Gasteiger partial charge in [-0.1, -0.05) is 46.9 Å². The molecule has 0 spiro atoms. The first-order valence-electron chi connectivity index (χ1n) is 10.6. The molecule has 0 saturated carbocycles. The molecule has 1 aliphatic rings. The Morgan fingerprint density at radius 1 is 0.974 bits per heavy atom. The van der Waals surface area contributed by atoms with E-state index in [-0.39, 0.29) is 51.8 Å². The van der Waals surface area contributed by atoms with Crippen LogP contribution in [0.25, 0.3) is 5.83 Å². The number of carbonyl (C=O) groups is 1. The summed E-state index contributed by atoms with van der Waals surface area (Å²) in [5.74, 6) is -5.80. The maximum Gasteiger partial charge on any atom is 0.417 e. The summed E-state index contributed by atoms with van der Waals surface area (Å²) < 4.78 is 121. The fraction of sp³-hybridized carbons (Fsp3) is 0.348. The van der Waals surface area contributed by atoms with Crippen molar-refractivity contribution in [2.24, 2.45) is 0 Å². The zero-order valence-corrected chi connectivity index (χ0v) is 22.0. The number of nitrogens with zero attached hydrogens (tertiary/aromatic N) is 1. The van der Waals surface area contributed by atoms with Crippen LogP contribution < -0.4 is 0 Å². The number of halogens is 10. The summed E-state index contributed by atoms with van der Waals surface area (Å²) in [6, 6.07) is 3.30. The van der Waals surface area contributed by atoms with Crippen LogP contribution in [-0.2, 0) is 16.0 Å². The Hall–Kier alpha value is -1.86. The number of rotatable bonds is 6. The fourth-order valence-electron chi connectivity index (χ4n) is 3.74. The number of ketones is 1. The molecule has 1 aliphatic heterocycles. The van der Waals surface area contributed by atoms with Crippen LogP contribution in [0.15, 0.2) is 36.4 Å². The molecular formula is C23H17Cl3F7NO3S. The Labute approximate surface area is 227 Å². The lowest BCUT2D eigenvalue weighted by Gasteiger charge is -2.26. The Morgan fingerprint density at radius 2 is 1.53 bits per heavy atom. The van der Waals surface area contributed by atoms with Crippen molar-refractivity contribution >= 4 is 56.3 Å². The van der Waals surface area contributed by atoms with Crippen LogP contribution in [0.4, 0.5) is 30.7 Å². The molecule has 0 bridgehead atoms. The predicted molar refractivity (Wildman–Crippen MR) is 130 cm³/mol. The lowest BCUT2D eigenvalue weighted by atomic mass is 9.95. The van der Waals surface area contributed by atoms with E-state index in [0.717, 1.165) is 18.2 Å². The third-order valence-corrected chi connectivity index (χ3v) is 8.54. The zero-order chi connectivity index (χ0) is 28.6. The summed E-state index contributed by atoms with van der Waals surface area (Å²) in [5, 5.41) is -0.916. The second-order valence-electron chi connectivity index (χ2n) is 8.44. The van der Waals surface area contributed by atoms with Gasteiger partial charge < -0.3 is 0 Å². The summed E-state index contributed by atoms with van der Waals surface area (Å²) in [7, 11) is -3.29. The lowest BCUT2D eigenvalue weighted by molar-refractivity contribution is -0.140. The molecule has 208 valence electrons. The number of benzene rings is 2. The minimum absolute atomic E-state index is 0.0531. The Balaban J connectivity index is 1.97. The minimum atomic E-state index is -5.15. The first kappa shape index (κ1) is 30.7. The van der Waals surface area contributed by atoms with Crippen molar-refractivity contribution in [1.29, 1.82) is 0 Å². The topological polar surface area (TPSA) is 54.5 Å². The summed E-state index contributed by atoms with van der Waals surface area (Å²) in [5.41, 5.74) is -3.82. The number of hydrogen-bond donors (Lipinski definition) is 0. The van der Waals surface area contributed by atoms with Crippen molar-refractivity contribution in [1.82, 2.24) is 4.90 Å². The van der Waals surface area contributed by atoms with E-state index in [0.29, 0.717) is 6.07 Å². The van der Waals surface area contributed by atoms with Gasteiger partial charge in [0, 0.05) is 24.2 Å². The molecule has 1 heterocycles. The van der Waals surface area contributed by atoms with Crippen molar-refractivity contribution in [2.45, 2.75) is 18.3 Å². The normalized spacial score (nSPS) is 17.9. The molecule has 0 radical (unpaired) electrons. The fourth-order valence-corrected chi connectivity index (χ4v) is 5.63. The van der Waals surface area contributed by atoms with Gasteiger partial charge >= 0.3 is 12.4 Å². The van der Waals surface area contributed by atoms with Gasteiger partial charge in [-0.15, -0.1) is 0 Å². The quantitative estimate of drug-likeness (QED) is 0.193. The number of Topliss-reactive ketones (excluding diaryl/α,β-unsaturated/α-hetero) is 1. The Morgan fingerprint density at radius 3 is 2.03 bits per heavy atom. The first-order valence-corrected chi connectivity index (χ1v) is 13.6. The van der Waals surface area contributed by atoms with Crippen molar-refractivity contribution in [2.75, 3.05) is 31.1 Å². The van der Waals surface area contributed by atoms with Crippen molar-refractivity contribution in [3.63, 3.8) is 0 Å². The van der Waals surface area contributed by atoms with Gasteiger partial charge in [0.15, 0.2) is 15.6 Å². The van der Waals surface area contributed by atoms with E-state index in [2.05, 4.69) is 0 Å². The third kappa shape index (κ3) is 7.41. The Bertz CT molecular complexity index is 1340. The monoisotopic (exact) mass is 625 g/mol. The molecule has 4 nitrogen and oxygen atoms in total. The zero-order valence-electron chi connectivity index (χ0n) is 18.9. The van der Waals surface area contributed by atoms with Crippen molar-refractivity contribution in [3.8, 4) is 0 Å². The number of carbonyl (C=O) groups excluding carboxylic acids is 1. The molecule has 0 amide bonds. The Kier molecular flexibility index (Phi) is 9.14. The smallest absolute Gasteiger partial charge is 0.294 e. The molecule has 15 heteroatoms. The first-order chi connectivity index (χ1) is 17.4. The maximum atomic E-state index is 15.0. The van der Waals surface area contributed by atoms with Crippen LogP contribution in [0.3, 0.4) is 0 Å². The van der Waals surface area contributed by atoms with E-state index < -0.39 is 68.5 Å². The largest absolute Gasteiger partial charge is 0.417 e. The van der Waals surface area contributed by atoms with Crippen LogP contribution in [-0.4, -0.2) is 56.4 Å². The van der Waals surface area contributed by atoms with Crippen LogP contribution in [0.1, 0.15) is 33.0 Å². The second kappa shape index (κ2) is 11.3. The van der Waals surface area contributed by atoms with E-state index in [9.17, 15) is 43.9 Å². The molecule has 0 N–H and O–H groups in total. The van der Waals surface area contributed by atoms with Gasteiger partial charge in [-0.25, -0.2) is 12.8 Å². The van der Waals surface area contributed by atoms with Gasteiger partial charge in [-0.05, 0) is 29.8 Å². The van der Waals surface area contributed by atoms with Crippen molar-refractivity contribution < 1.29 is 43.9 Å².